The molecule has 1 unspecified atom stereocenters. The molecule has 0 aliphatic heterocycles. The van der Waals surface area contributed by atoms with Crippen LogP contribution in [0.3, 0.4) is 0 Å². The lowest BCUT2D eigenvalue weighted by atomic mass is 9.85. The molecule has 0 saturated carbocycles. The summed E-state index contributed by atoms with van der Waals surface area (Å²) in [6.45, 7) is 8.00. The quantitative estimate of drug-likeness (QED) is 0.297. The van der Waals surface area contributed by atoms with Gasteiger partial charge in [0.25, 0.3) is 5.91 Å². The van der Waals surface area contributed by atoms with Gasteiger partial charge < -0.3 is 5.32 Å². The van der Waals surface area contributed by atoms with Crippen LogP contribution < -0.4 is 5.32 Å². The van der Waals surface area contributed by atoms with Gasteiger partial charge in [-0.15, -0.1) is 0 Å². The Bertz CT molecular complexity index is 1250. The topological polar surface area (TPSA) is 29.1 Å². The third kappa shape index (κ3) is 6.48. The molecule has 1 atom stereocenters. The van der Waals surface area contributed by atoms with Crippen LogP contribution in [0.2, 0.25) is 0 Å². The van der Waals surface area contributed by atoms with E-state index >= 15 is 0 Å². The lowest BCUT2D eigenvalue weighted by Crippen LogP contribution is -2.40. The standard InChI is InChI=1S/C33H35NO/c1-24-23-29(20-22-30(24)32(35)34-33(2,3)4)26-16-18-28(19-17-26)31(27-13-9-6-10-14-27)21-15-25-11-7-5-8-12-25/h5-14,16-20,22-23,31H,15,21H2,1-4H3,(H,34,35). The molecule has 0 heterocycles. The van der Waals surface area contributed by atoms with E-state index in [-0.39, 0.29) is 11.4 Å². The van der Waals surface area contributed by atoms with Crippen molar-refractivity contribution in [1.29, 1.82) is 0 Å². The first-order chi connectivity index (χ1) is 16.8. The molecule has 4 aromatic rings. The summed E-state index contributed by atoms with van der Waals surface area (Å²) in [5.74, 6) is 0.316. The number of hydrogen-bond donors (Lipinski definition) is 1. The van der Waals surface area contributed by atoms with Crippen molar-refractivity contribution in [2.45, 2.75) is 52.0 Å². The van der Waals surface area contributed by atoms with Gasteiger partial charge in [-0.2, -0.15) is 0 Å². The number of hydrogen-bond acceptors (Lipinski definition) is 1. The molecule has 2 nitrogen and oxygen atoms in total. The minimum Gasteiger partial charge on any atom is -0.347 e. The Morgan fingerprint density at radius 2 is 1.31 bits per heavy atom. The Hall–Kier alpha value is -3.65. The molecule has 1 N–H and O–H groups in total. The van der Waals surface area contributed by atoms with E-state index in [1.165, 1.54) is 16.7 Å². The maximum atomic E-state index is 12.6. The molecule has 0 bridgehead atoms. The largest absolute Gasteiger partial charge is 0.347 e. The normalized spacial score (nSPS) is 12.2. The van der Waals surface area contributed by atoms with Crippen LogP contribution in [0, 0.1) is 6.92 Å². The smallest absolute Gasteiger partial charge is 0.251 e. The molecule has 0 saturated heterocycles. The monoisotopic (exact) mass is 461 g/mol. The zero-order chi connectivity index (χ0) is 24.8. The van der Waals surface area contributed by atoms with Crippen molar-refractivity contribution in [2.24, 2.45) is 0 Å². The molecule has 0 aliphatic rings. The second-order valence-corrected chi connectivity index (χ2v) is 10.3. The summed E-state index contributed by atoms with van der Waals surface area (Å²) < 4.78 is 0. The van der Waals surface area contributed by atoms with Crippen molar-refractivity contribution >= 4 is 5.91 Å². The van der Waals surface area contributed by atoms with Gasteiger partial charge in [0.2, 0.25) is 0 Å². The average molecular weight is 462 g/mol. The second kappa shape index (κ2) is 10.7. The second-order valence-electron chi connectivity index (χ2n) is 10.3. The highest BCUT2D eigenvalue weighted by Gasteiger charge is 2.18. The summed E-state index contributed by atoms with van der Waals surface area (Å²) >= 11 is 0. The van der Waals surface area contributed by atoms with E-state index in [1.807, 2.05) is 39.8 Å². The predicted molar refractivity (Wildman–Crippen MR) is 147 cm³/mol. The van der Waals surface area contributed by atoms with Gasteiger partial charge in [0.15, 0.2) is 0 Å². The maximum absolute atomic E-state index is 12.6. The van der Waals surface area contributed by atoms with Gasteiger partial charge in [-0.1, -0.05) is 97.1 Å². The first kappa shape index (κ1) is 24.5. The summed E-state index contributed by atoms with van der Waals surface area (Å²) in [7, 11) is 0. The first-order valence-corrected chi connectivity index (χ1v) is 12.4. The number of nitrogens with one attached hydrogen (secondary N) is 1. The third-order valence-electron chi connectivity index (χ3n) is 6.37. The van der Waals surface area contributed by atoms with Crippen LogP contribution in [-0.2, 0) is 6.42 Å². The van der Waals surface area contributed by atoms with Gasteiger partial charge in [0.1, 0.15) is 0 Å². The highest BCUT2D eigenvalue weighted by molar-refractivity contribution is 5.96. The zero-order valence-electron chi connectivity index (χ0n) is 21.2. The Balaban J connectivity index is 1.56. The average Bonchev–Trinajstić information content (AvgIpc) is 2.85. The molecule has 35 heavy (non-hydrogen) atoms. The lowest BCUT2D eigenvalue weighted by Gasteiger charge is -2.21. The van der Waals surface area contributed by atoms with Crippen LogP contribution in [0.1, 0.15) is 65.7 Å². The number of carbonyl (C=O) groups is 1. The molecule has 0 fully saturated rings. The molecular formula is C33H35NO. The van der Waals surface area contributed by atoms with E-state index in [0.717, 1.165) is 35.1 Å². The number of amides is 1. The fraction of sp³-hybridized carbons (Fsp3) is 0.242. The van der Waals surface area contributed by atoms with Crippen molar-refractivity contribution in [3.63, 3.8) is 0 Å². The minimum absolute atomic E-state index is 0.0268. The van der Waals surface area contributed by atoms with Crippen molar-refractivity contribution in [2.75, 3.05) is 0 Å². The third-order valence-corrected chi connectivity index (χ3v) is 6.37. The van der Waals surface area contributed by atoms with Crippen LogP contribution in [-0.4, -0.2) is 11.4 Å². The summed E-state index contributed by atoms with van der Waals surface area (Å²) in [6.07, 6.45) is 2.10. The van der Waals surface area contributed by atoms with E-state index in [4.69, 9.17) is 0 Å². The number of rotatable bonds is 7. The molecule has 0 aliphatic carbocycles. The summed E-state index contributed by atoms with van der Waals surface area (Å²) in [6, 6.07) is 36.5. The van der Waals surface area contributed by atoms with Crippen LogP contribution in [0.4, 0.5) is 0 Å². The van der Waals surface area contributed by atoms with Gasteiger partial charge in [0.05, 0.1) is 0 Å². The van der Waals surface area contributed by atoms with Crippen molar-refractivity contribution in [1.82, 2.24) is 5.32 Å². The number of aryl methyl sites for hydroxylation is 2. The molecule has 4 rings (SSSR count). The van der Waals surface area contributed by atoms with E-state index in [2.05, 4.69) is 96.3 Å². The van der Waals surface area contributed by atoms with E-state index < -0.39 is 0 Å². The molecule has 0 spiro atoms. The SMILES string of the molecule is Cc1cc(-c2ccc(C(CCc3ccccc3)c3ccccc3)cc2)ccc1C(=O)NC(C)(C)C. The highest BCUT2D eigenvalue weighted by Crippen LogP contribution is 2.31. The molecule has 1 amide bonds. The van der Waals surface area contributed by atoms with Crippen molar-refractivity contribution in [3.05, 3.63) is 131 Å². The van der Waals surface area contributed by atoms with Gasteiger partial charge in [-0.05, 0) is 80.0 Å². The van der Waals surface area contributed by atoms with Crippen LogP contribution in [0.5, 0.6) is 0 Å². The van der Waals surface area contributed by atoms with Gasteiger partial charge >= 0.3 is 0 Å². The molecular weight excluding hydrogens is 426 g/mol. The van der Waals surface area contributed by atoms with E-state index in [0.29, 0.717) is 5.92 Å². The van der Waals surface area contributed by atoms with Gasteiger partial charge in [-0.3, -0.25) is 4.79 Å². The molecule has 0 radical (unpaired) electrons. The lowest BCUT2D eigenvalue weighted by molar-refractivity contribution is 0.0919. The van der Waals surface area contributed by atoms with E-state index in [1.54, 1.807) is 0 Å². The van der Waals surface area contributed by atoms with Crippen LogP contribution >= 0.6 is 0 Å². The fourth-order valence-corrected chi connectivity index (χ4v) is 4.58. The van der Waals surface area contributed by atoms with Gasteiger partial charge in [0, 0.05) is 17.0 Å². The van der Waals surface area contributed by atoms with Crippen molar-refractivity contribution in [3.8, 4) is 11.1 Å². The molecule has 2 heteroatoms. The molecule has 178 valence electrons. The highest BCUT2D eigenvalue weighted by atomic mass is 16.1. The van der Waals surface area contributed by atoms with Gasteiger partial charge in [-0.25, -0.2) is 0 Å². The summed E-state index contributed by atoms with van der Waals surface area (Å²) in [4.78, 5) is 12.6. The Kier molecular flexibility index (Phi) is 7.51. The number of benzene rings is 4. The Morgan fingerprint density at radius 1 is 0.743 bits per heavy atom. The van der Waals surface area contributed by atoms with Crippen LogP contribution in [0.15, 0.2) is 103 Å². The van der Waals surface area contributed by atoms with Crippen molar-refractivity contribution < 1.29 is 4.79 Å². The summed E-state index contributed by atoms with van der Waals surface area (Å²) in [5.41, 5.74) is 7.79. The molecule has 4 aromatic carbocycles. The summed E-state index contributed by atoms with van der Waals surface area (Å²) in [5, 5.41) is 3.06. The fourth-order valence-electron chi connectivity index (χ4n) is 4.58. The molecule has 0 aromatic heterocycles. The number of carbonyl (C=O) groups excluding carboxylic acids is 1. The Morgan fingerprint density at radius 3 is 1.91 bits per heavy atom. The maximum Gasteiger partial charge on any atom is 0.251 e. The van der Waals surface area contributed by atoms with E-state index in [9.17, 15) is 4.79 Å². The van der Waals surface area contributed by atoms with Crippen LogP contribution in [0.25, 0.3) is 11.1 Å². The Labute approximate surface area is 210 Å². The zero-order valence-corrected chi connectivity index (χ0v) is 21.2. The minimum atomic E-state index is -0.256. The first-order valence-electron chi connectivity index (χ1n) is 12.4. The predicted octanol–water partition coefficient (Wildman–Crippen LogP) is 7.96.